The maximum atomic E-state index is 14.2. The van der Waals surface area contributed by atoms with Crippen LogP contribution in [0.2, 0.25) is 0 Å². The van der Waals surface area contributed by atoms with E-state index in [9.17, 15) is 19.2 Å². The average molecular weight is 1450 g/mol. The number of esters is 4. The van der Waals surface area contributed by atoms with Crippen molar-refractivity contribution in [2.24, 2.45) is 0 Å². The molecular formula is C74H112O12S8. The van der Waals surface area contributed by atoms with Gasteiger partial charge in [0, 0.05) is 0 Å². The second kappa shape index (κ2) is 47.6. The van der Waals surface area contributed by atoms with Crippen molar-refractivity contribution in [1.82, 2.24) is 0 Å². The number of unbranched alkanes of at least 4 members (excludes halogenated alkanes) is 36. The van der Waals surface area contributed by atoms with Crippen LogP contribution < -0.4 is 18.9 Å². The van der Waals surface area contributed by atoms with Gasteiger partial charge in [-0.1, -0.05) is 353 Å². The minimum absolute atomic E-state index is 0.0291. The number of hydrogen-bond acceptors (Lipinski definition) is 20. The highest BCUT2D eigenvalue weighted by molar-refractivity contribution is 8.45. The summed E-state index contributed by atoms with van der Waals surface area (Å²) in [6.45, 7) is 10.5. The van der Waals surface area contributed by atoms with Crippen molar-refractivity contribution in [3.8, 4) is 23.0 Å². The zero-order valence-corrected chi connectivity index (χ0v) is 64.8. The van der Waals surface area contributed by atoms with E-state index < -0.39 is 23.9 Å². The molecule has 2 aromatic carbocycles. The highest BCUT2D eigenvalue weighted by Gasteiger charge is 2.44. The molecule has 0 bridgehead atoms. The summed E-state index contributed by atoms with van der Waals surface area (Å²) in [6.07, 6.45) is 46.8. The highest BCUT2D eigenvalue weighted by atomic mass is 32.3. The molecule has 2 aromatic rings. The molecule has 0 aliphatic carbocycles. The van der Waals surface area contributed by atoms with Gasteiger partial charge in [0.25, 0.3) is 0 Å². The van der Waals surface area contributed by atoms with E-state index >= 15 is 0 Å². The van der Waals surface area contributed by atoms with Crippen molar-refractivity contribution in [2.45, 2.75) is 304 Å². The Morgan fingerprint density at radius 2 is 0.372 bits per heavy atom. The molecular weight excluding hydrogens is 1340 g/mol. The molecule has 0 radical (unpaired) electrons. The van der Waals surface area contributed by atoms with Gasteiger partial charge in [0.05, 0.1) is 99.9 Å². The molecule has 0 atom stereocenters. The van der Waals surface area contributed by atoms with Crippen LogP contribution in [0.1, 0.15) is 326 Å². The maximum absolute atomic E-state index is 14.2. The summed E-state index contributed by atoms with van der Waals surface area (Å²) < 4.78 is 55.3. The predicted octanol–water partition coefficient (Wildman–Crippen LogP) is 25.5. The first-order chi connectivity index (χ1) is 46.1. The number of hydrogen-bond donors (Lipinski definition) is 0. The molecule has 0 spiro atoms. The molecule has 0 aromatic heterocycles. The van der Waals surface area contributed by atoms with Crippen LogP contribution in [0.25, 0.3) is 0 Å². The van der Waals surface area contributed by atoms with E-state index in [4.69, 9.17) is 37.9 Å². The fraction of sp³-hybridized carbons (Fsp3) is 0.703. The first-order valence-electron chi connectivity index (χ1n) is 36.1. The minimum atomic E-state index is -0.685. The smallest absolute Gasteiger partial charge is 0.342 e. The summed E-state index contributed by atoms with van der Waals surface area (Å²) in [5, 5.41) is 0. The van der Waals surface area contributed by atoms with Crippen molar-refractivity contribution in [3.05, 3.63) is 47.7 Å². The normalized spacial score (nSPS) is 14.0. The van der Waals surface area contributed by atoms with Gasteiger partial charge in [-0.05, 0) is 25.7 Å². The van der Waals surface area contributed by atoms with Gasteiger partial charge in [0.15, 0.2) is 0 Å². The Balaban J connectivity index is 1.27. The zero-order valence-electron chi connectivity index (χ0n) is 58.3. The Kier molecular flexibility index (Phi) is 40.7. The monoisotopic (exact) mass is 1450 g/mol. The SMILES string of the molecule is CCCCCCCCCCCCOc1c2c(c(OCCCCCCCCCCCC)c(C(=O)OC)c1C(=O)OC)SC1=C(SC(=C3SC4=C(S3)Sc3c(OCCCCCCCCCCCC)c(C(=O)OC)c(C(=O)OC)c(OCCCCCCCCCCCC)c3S4)S1)S2. The molecule has 0 N–H and O–H groups in total. The van der Waals surface area contributed by atoms with Gasteiger partial charge < -0.3 is 37.9 Å². The number of ether oxygens (including phenoxy) is 8. The molecule has 94 heavy (non-hydrogen) atoms. The third kappa shape index (κ3) is 25.6. The lowest BCUT2D eigenvalue weighted by molar-refractivity contribution is 0.0544. The second-order valence-corrected chi connectivity index (χ2v) is 34.5. The topological polar surface area (TPSA) is 142 Å². The molecule has 0 unspecified atom stereocenters. The lowest BCUT2D eigenvalue weighted by atomic mass is 10.0. The number of thioether (sulfide) groups is 8. The second-order valence-electron chi connectivity index (χ2n) is 24.8. The summed E-state index contributed by atoms with van der Waals surface area (Å²) >= 11 is 13.0. The average Bonchev–Trinajstić information content (AvgIpc) is 1.19. The third-order valence-electron chi connectivity index (χ3n) is 17.2. The van der Waals surface area contributed by atoms with E-state index in [1.165, 1.54) is 208 Å². The van der Waals surface area contributed by atoms with Gasteiger partial charge in [-0.25, -0.2) is 19.2 Å². The number of rotatable bonds is 52. The number of benzene rings is 2. The fourth-order valence-electron chi connectivity index (χ4n) is 11.8. The molecule has 20 heteroatoms. The van der Waals surface area contributed by atoms with E-state index in [-0.39, 0.29) is 22.3 Å². The molecule has 4 aliphatic rings. The standard InChI is InChI=1S/C74H112O12S8/c1-9-13-17-21-25-29-33-37-41-45-49-83-57-53(65(75)79-5)54(66(76)80-6)58(84-50-46-42-38-34-30-26-22-18-14-10-2)62-61(57)87-69-70(88-62)92-73(91-69)74-93-71-72(94-74)90-64-60(86-52-48-44-40-36-32-28-24-20-16-12-4)56(68(78)82-8)55(67(77)81-7)59(63(64)89-71)85-51-47-43-39-35-31-27-23-19-15-11-3/h9-52H2,1-8H3. The Bertz CT molecular complexity index is 2420. The van der Waals surface area contributed by atoms with Crippen LogP contribution in [-0.4, -0.2) is 78.7 Å². The van der Waals surface area contributed by atoms with E-state index in [1.807, 2.05) is 0 Å². The van der Waals surface area contributed by atoms with E-state index in [0.29, 0.717) is 49.4 Å². The summed E-state index contributed by atoms with van der Waals surface area (Å²) in [6, 6.07) is 0. The van der Waals surface area contributed by atoms with E-state index in [1.54, 1.807) is 94.1 Å². The third-order valence-corrected chi connectivity index (χ3v) is 29.1. The lowest BCUT2D eigenvalue weighted by Gasteiger charge is -2.26. The zero-order chi connectivity index (χ0) is 67.1. The van der Waals surface area contributed by atoms with E-state index in [2.05, 4.69) is 27.7 Å². The largest absolute Gasteiger partial charge is 0.491 e. The van der Waals surface area contributed by atoms with Gasteiger partial charge in [-0.2, -0.15) is 0 Å². The van der Waals surface area contributed by atoms with Crippen LogP contribution in [0.3, 0.4) is 0 Å². The Hall–Kier alpha value is -2.46. The Morgan fingerprint density at radius 3 is 0.532 bits per heavy atom. The molecule has 0 saturated carbocycles. The molecule has 528 valence electrons. The van der Waals surface area contributed by atoms with Gasteiger partial charge in [-0.15, -0.1) is 0 Å². The van der Waals surface area contributed by atoms with E-state index in [0.717, 1.165) is 122 Å². The summed E-state index contributed by atoms with van der Waals surface area (Å²) in [5.74, 6) is -1.45. The first kappa shape index (κ1) is 80.5. The molecule has 4 heterocycles. The minimum Gasteiger partial charge on any atom is -0.491 e. The maximum Gasteiger partial charge on any atom is 0.342 e. The van der Waals surface area contributed by atoms with Crippen LogP contribution in [-0.2, 0) is 18.9 Å². The van der Waals surface area contributed by atoms with Crippen molar-refractivity contribution >= 4 is 118 Å². The van der Waals surface area contributed by atoms with Crippen LogP contribution in [0, 0.1) is 0 Å². The number of fused-ring (bicyclic) bond motifs is 2. The Morgan fingerprint density at radius 1 is 0.223 bits per heavy atom. The molecule has 6 rings (SSSR count). The first-order valence-corrected chi connectivity index (χ1v) is 42.6. The summed E-state index contributed by atoms with van der Waals surface area (Å²) in [4.78, 5) is 59.7. The molecule has 0 saturated heterocycles. The van der Waals surface area contributed by atoms with Crippen molar-refractivity contribution in [3.63, 3.8) is 0 Å². The lowest BCUT2D eigenvalue weighted by Crippen LogP contribution is -2.18. The van der Waals surface area contributed by atoms with Gasteiger partial charge in [0.1, 0.15) is 45.3 Å². The van der Waals surface area contributed by atoms with Crippen LogP contribution in [0.15, 0.2) is 45.0 Å². The van der Waals surface area contributed by atoms with Crippen LogP contribution in [0.5, 0.6) is 23.0 Å². The van der Waals surface area contributed by atoms with Crippen LogP contribution in [0.4, 0.5) is 0 Å². The molecule has 0 fully saturated rings. The summed E-state index contributed by atoms with van der Waals surface area (Å²) in [7, 11) is 5.33. The van der Waals surface area contributed by atoms with Gasteiger partial charge in [0.2, 0.25) is 0 Å². The number of carbonyl (C=O) groups is 4. The van der Waals surface area contributed by atoms with Crippen LogP contribution >= 0.6 is 94.1 Å². The van der Waals surface area contributed by atoms with Gasteiger partial charge in [-0.3, -0.25) is 0 Å². The van der Waals surface area contributed by atoms with Crippen molar-refractivity contribution in [2.75, 3.05) is 54.9 Å². The van der Waals surface area contributed by atoms with Gasteiger partial charge >= 0.3 is 23.9 Å². The van der Waals surface area contributed by atoms with Crippen molar-refractivity contribution < 1.29 is 57.1 Å². The van der Waals surface area contributed by atoms with Crippen molar-refractivity contribution in [1.29, 1.82) is 0 Å². The molecule has 4 aliphatic heterocycles. The Labute approximate surface area is 600 Å². The molecule has 12 nitrogen and oxygen atoms in total. The fourth-order valence-corrected chi connectivity index (χ4v) is 24.1. The summed E-state index contributed by atoms with van der Waals surface area (Å²) in [5.41, 5.74) is 0.116. The predicted molar refractivity (Wildman–Crippen MR) is 402 cm³/mol. The molecule has 0 amide bonds. The highest BCUT2D eigenvalue weighted by Crippen LogP contribution is 2.73. The number of methoxy groups -OCH3 is 4. The number of carbonyl (C=O) groups excluding carboxylic acids is 4. The quantitative estimate of drug-likeness (QED) is 0.0352.